The molecule has 0 spiro atoms. The quantitative estimate of drug-likeness (QED) is 0.660. The Balaban J connectivity index is 1.44. The van der Waals surface area contributed by atoms with Crippen LogP contribution in [0.25, 0.3) is 0 Å². The summed E-state index contributed by atoms with van der Waals surface area (Å²) in [6, 6.07) is 18.1. The minimum absolute atomic E-state index is 0.0132. The van der Waals surface area contributed by atoms with Gasteiger partial charge in [0.15, 0.2) is 0 Å². The molecule has 0 aliphatic heterocycles. The number of aromatic nitrogens is 1. The van der Waals surface area contributed by atoms with Crippen molar-refractivity contribution in [1.29, 1.82) is 0 Å². The fourth-order valence-electron chi connectivity index (χ4n) is 2.61. The zero-order valence-corrected chi connectivity index (χ0v) is 15.6. The van der Waals surface area contributed by atoms with Gasteiger partial charge in [-0.1, -0.05) is 42.5 Å². The SMILES string of the molecule is COc1ccc(CNC(=O)Cc2csc(CCc3ccccc3)n2)cc1. The molecule has 0 fully saturated rings. The molecule has 5 heteroatoms. The molecule has 0 saturated heterocycles. The Hall–Kier alpha value is -2.66. The van der Waals surface area contributed by atoms with Crippen molar-refractivity contribution in [3.05, 3.63) is 81.8 Å². The van der Waals surface area contributed by atoms with Gasteiger partial charge in [0.25, 0.3) is 0 Å². The largest absolute Gasteiger partial charge is 0.497 e. The lowest BCUT2D eigenvalue weighted by Gasteiger charge is -2.05. The van der Waals surface area contributed by atoms with Gasteiger partial charge in [-0.2, -0.15) is 0 Å². The Morgan fingerprint density at radius 1 is 1.04 bits per heavy atom. The van der Waals surface area contributed by atoms with E-state index in [1.54, 1.807) is 18.4 Å². The fourth-order valence-corrected chi connectivity index (χ4v) is 3.41. The first-order chi connectivity index (χ1) is 12.7. The van der Waals surface area contributed by atoms with Crippen molar-refractivity contribution < 1.29 is 9.53 Å². The van der Waals surface area contributed by atoms with Gasteiger partial charge in [-0.05, 0) is 29.7 Å². The molecule has 1 aromatic heterocycles. The Morgan fingerprint density at radius 2 is 1.81 bits per heavy atom. The number of methoxy groups -OCH3 is 1. The number of nitrogens with zero attached hydrogens (tertiary/aromatic N) is 1. The Kier molecular flexibility index (Phi) is 6.39. The molecule has 1 heterocycles. The predicted octanol–water partition coefficient (Wildman–Crippen LogP) is 3.80. The third-order valence-corrected chi connectivity index (χ3v) is 5.02. The van der Waals surface area contributed by atoms with Gasteiger partial charge in [-0.3, -0.25) is 4.79 Å². The number of rotatable bonds is 8. The first kappa shape index (κ1) is 18.1. The van der Waals surface area contributed by atoms with E-state index in [4.69, 9.17) is 4.74 Å². The lowest BCUT2D eigenvalue weighted by Crippen LogP contribution is -2.24. The highest BCUT2D eigenvalue weighted by atomic mass is 32.1. The number of amides is 1. The van der Waals surface area contributed by atoms with Crippen LogP contribution in [0.5, 0.6) is 5.75 Å². The van der Waals surface area contributed by atoms with Crippen LogP contribution in [-0.4, -0.2) is 18.0 Å². The summed E-state index contributed by atoms with van der Waals surface area (Å²) in [5.41, 5.74) is 3.19. The Labute approximate surface area is 157 Å². The smallest absolute Gasteiger partial charge is 0.226 e. The molecule has 1 N–H and O–H groups in total. The summed E-state index contributed by atoms with van der Waals surface area (Å²) >= 11 is 1.62. The van der Waals surface area contributed by atoms with E-state index in [9.17, 15) is 4.79 Å². The number of hydrogen-bond acceptors (Lipinski definition) is 4. The number of carbonyl (C=O) groups excluding carboxylic acids is 1. The lowest BCUT2D eigenvalue weighted by molar-refractivity contribution is -0.120. The van der Waals surface area contributed by atoms with Crippen molar-refractivity contribution in [3.63, 3.8) is 0 Å². The molecule has 26 heavy (non-hydrogen) atoms. The maximum Gasteiger partial charge on any atom is 0.226 e. The van der Waals surface area contributed by atoms with Crippen molar-refractivity contribution in [1.82, 2.24) is 10.3 Å². The molecule has 0 atom stereocenters. The number of carbonyl (C=O) groups is 1. The molecule has 3 rings (SSSR count). The highest BCUT2D eigenvalue weighted by molar-refractivity contribution is 7.09. The molecule has 0 aliphatic rings. The van der Waals surface area contributed by atoms with Crippen LogP contribution < -0.4 is 10.1 Å². The van der Waals surface area contributed by atoms with Crippen LogP contribution in [-0.2, 0) is 30.6 Å². The van der Waals surface area contributed by atoms with Crippen molar-refractivity contribution in [3.8, 4) is 5.75 Å². The van der Waals surface area contributed by atoms with Crippen molar-refractivity contribution in [2.24, 2.45) is 0 Å². The average molecular weight is 366 g/mol. The van der Waals surface area contributed by atoms with E-state index in [2.05, 4.69) is 34.6 Å². The zero-order chi connectivity index (χ0) is 18.2. The summed E-state index contributed by atoms with van der Waals surface area (Å²) in [6.07, 6.45) is 2.19. The minimum Gasteiger partial charge on any atom is -0.497 e. The number of hydrogen-bond donors (Lipinski definition) is 1. The summed E-state index contributed by atoms with van der Waals surface area (Å²) in [4.78, 5) is 16.7. The van der Waals surface area contributed by atoms with Crippen LogP contribution in [0.1, 0.15) is 21.8 Å². The first-order valence-corrected chi connectivity index (χ1v) is 9.48. The molecule has 1 amide bonds. The molecular formula is C21H22N2O2S. The van der Waals surface area contributed by atoms with Crippen LogP contribution in [0.15, 0.2) is 60.0 Å². The van der Waals surface area contributed by atoms with Crippen LogP contribution in [0.2, 0.25) is 0 Å². The van der Waals surface area contributed by atoms with Gasteiger partial charge >= 0.3 is 0 Å². The predicted molar refractivity (Wildman–Crippen MR) is 105 cm³/mol. The van der Waals surface area contributed by atoms with Crippen molar-refractivity contribution in [2.45, 2.75) is 25.8 Å². The highest BCUT2D eigenvalue weighted by Crippen LogP contribution is 2.14. The van der Waals surface area contributed by atoms with Crippen LogP contribution >= 0.6 is 11.3 Å². The summed E-state index contributed by atoms with van der Waals surface area (Å²) < 4.78 is 5.13. The van der Waals surface area contributed by atoms with Crippen LogP contribution in [0.3, 0.4) is 0 Å². The van der Waals surface area contributed by atoms with E-state index < -0.39 is 0 Å². The van der Waals surface area contributed by atoms with Gasteiger partial charge in [0.1, 0.15) is 5.75 Å². The standard InChI is InChI=1S/C21H22N2O2S/c1-25-19-10-7-17(8-11-19)14-22-20(24)13-18-15-26-21(23-18)12-9-16-5-3-2-4-6-16/h2-8,10-11,15H,9,12-14H2,1H3,(H,22,24). The van der Waals surface area contributed by atoms with E-state index in [1.807, 2.05) is 35.7 Å². The van der Waals surface area contributed by atoms with E-state index in [1.165, 1.54) is 5.56 Å². The van der Waals surface area contributed by atoms with Gasteiger partial charge in [-0.25, -0.2) is 4.98 Å². The van der Waals surface area contributed by atoms with Crippen molar-refractivity contribution >= 4 is 17.2 Å². The lowest BCUT2D eigenvalue weighted by atomic mass is 10.1. The van der Waals surface area contributed by atoms with Gasteiger partial charge < -0.3 is 10.1 Å². The van der Waals surface area contributed by atoms with E-state index in [-0.39, 0.29) is 5.91 Å². The normalized spacial score (nSPS) is 10.5. The monoisotopic (exact) mass is 366 g/mol. The third-order valence-electron chi connectivity index (χ3n) is 4.06. The Bertz CT molecular complexity index is 829. The topological polar surface area (TPSA) is 51.2 Å². The molecule has 0 unspecified atom stereocenters. The number of nitrogens with one attached hydrogen (secondary N) is 1. The second-order valence-corrected chi connectivity index (χ2v) is 6.96. The summed E-state index contributed by atoms with van der Waals surface area (Å²) in [6.45, 7) is 0.508. The third kappa shape index (κ3) is 5.43. The molecule has 0 saturated carbocycles. The van der Waals surface area contributed by atoms with Crippen molar-refractivity contribution in [2.75, 3.05) is 7.11 Å². The molecule has 4 nitrogen and oxygen atoms in total. The van der Waals surface area contributed by atoms with E-state index in [0.717, 1.165) is 34.9 Å². The van der Waals surface area contributed by atoms with E-state index >= 15 is 0 Å². The van der Waals surface area contributed by atoms with Gasteiger partial charge in [0.2, 0.25) is 5.91 Å². The van der Waals surface area contributed by atoms with E-state index in [0.29, 0.717) is 13.0 Å². The number of thiazole rings is 1. The number of ether oxygens (including phenoxy) is 1. The average Bonchev–Trinajstić information content (AvgIpc) is 3.13. The fraction of sp³-hybridized carbons (Fsp3) is 0.238. The molecule has 0 radical (unpaired) electrons. The Morgan fingerprint density at radius 3 is 2.54 bits per heavy atom. The number of aryl methyl sites for hydroxylation is 2. The second-order valence-electron chi connectivity index (χ2n) is 6.02. The summed E-state index contributed by atoms with van der Waals surface area (Å²) in [5, 5.41) is 5.99. The van der Waals surface area contributed by atoms with Gasteiger partial charge in [0, 0.05) is 18.3 Å². The van der Waals surface area contributed by atoms with Crippen LogP contribution in [0.4, 0.5) is 0 Å². The van der Waals surface area contributed by atoms with Gasteiger partial charge in [0.05, 0.1) is 24.2 Å². The zero-order valence-electron chi connectivity index (χ0n) is 14.8. The molecule has 134 valence electrons. The molecule has 0 aliphatic carbocycles. The van der Waals surface area contributed by atoms with Crippen LogP contribution in [0, 0.1) is 0 Å². The van der Waals surface area contributed by atoms with Gasteiger partial charge in [-0.15, -0.1) is 11.3 Å². The summed E-state index contributed by atoms with van der Waals surface area (Å²) in [7, 11) is 1.64. The molecule has 3 aromatic rings. The maximum absolute atomic E-state index is 12.1. The molecule has 0 bridgehead atoms. The maximum atomic E-state index is 12.1. The highest BCUT2D eigenvalue weighted by Gasteiger charge is 2.08. The summed E-state index contributed by atoms with van der Waals surface area (Å²) in [5.74, 6) is 0.798. The molecule has 2 aromatic carbocycles. The number of benzene rings is 2. The first-order valence-electron chi connectivity index (χ1n) is 8.60. The molecular weight excluding hydrogens is 344 g/mol. The second kappa shape index (κ2) is 9.15. The minimum atomic E-state index is -0.0132.